The molecule has 0 heterocycles. The van der Waals surface area contributed by atoms with Crippen LogP contribution in [0.4, 0.5) is 13.0 Å². The minimum Gasteiger partial charge on any atom is -0.786 e. The van der Waals surface area contributed by atoms with E-state index < -0.39 is 7.91 Å². The van der Waals surface area contributed by atoms with Gasteiger partial charge in [0.2, 0.25) is 0 Å². The van der Waals surface area contributed by atoms with Crippen LogP contribution in [-0.2, 0) is 17.7 Å². The second-order valence-corrected chi connectivity index (χ2v) is 14.0. The van der Waals surface area contributed by atoms with Gasteiger partial charge in [0.25, 0.3) is 0 Å². The van der Waals surface area contributed by atoms with Gasteiger partial charge in [-0.15, -0.1) is 0 Å². The van der Waals surface area contributed by atoms with Crippen LogP contribution in [0, 0.1) is 11.6 Å². The van der Waals surface area contributed by atoms with Gasteiger partial charge < -0.3 is 23.3 Å². The molecule has 2 aromatic rings. The summed E-state index contributed by atoms with van der Waals surface area (Å²) in [6.07, 6.45) is 15.2. The Hall–Kier alpha value is -1.70. The molecule has 0 saturated carbocycles. The Kier molecular flexibility index (Phi) is 25.3. The molecule has 2 aromatic carbocycles. The summed E-state index contributed by atoms with van der Waals surface area (Å²) >= 11 is 0. The van der Waals surface area contributed by atoms with Crippen molar-refractivity contribution in [3.8, 4) is 0 Å². The largest absolute Gasteiger partial charge is 0.786 e. The van der Waals surface area contributed by atoms with Gasteiger partial charge in [-0.05, 0) is 62.8 Å². The van der Waals surface area contributed by atoms with Crippen molar-refractivity contribution in [1.29, 1.82) is 0 Å². The smallest absolute Gasteiger partial charge is 0.123 e. The Morgan fingerprint density at radius 3 is 0.851 bits per heavy atom. The molecular weight excluding hydrogens is 620 g/mol. The zero-order valence-corrected chi connectivity index (χ0v) is 31.4. The lowest BCUT2D eigenvalue weighted by Gasteiger charge is -2.39. The Labute approximate surface area is 286 Å². The molecule has 0 aliphatic heterocycles. The SMILES string of the molecule is CCCC[N+](CCCC)(CCCC)Cc1ccc(F)cc1.CCCC[N+](CCCC)(CCCC)Cc1ccc(F)cc1.O=P([O-])([O-])F. The third-order valence-corrected chi connectivity index (χ3v) is 8.78. The first kappa shape index (κ1) is 45.3. The topological polar surface area (TPSA) is 63.2 Å². The molecule has 0 unspecified atom stereocenters. The summed E-state index contributed by atoms with van der Waals surface area (Å²) in [5.74, 6) is -0.264. The fourth-order valence-corrected chi connectivity index (χ4v) is 6.06. The summed E-state index contributed by atoms with van der Waals surface area (Å²) in [5, 5.41) is 0. The highest BCUT2D eigenvalue weighted by molar-refractivity contribution is 7.42. The average molecular weight is 687 g/mol. The maximum atomic E-state index is 13.1. The van der Waals surface area contributed by atoms with E-state index in [1.54, 1.807) is 24.3 Å². The lowest BCUT2D eigenvalue weighted by atomic mass is 10.1. The van der Waals surface area contributed by atoms with Crippen LogP contribution in [0.15, 0.2) is 48.5 Å². The number of hydrogen-bond donors (Lipinski definition) is 0. The average Bonchev–Trinajstić information content (AvgIpc) is 3.04. The van der Waals surface area contributed by atoms with Crippen molar-refractivity contribution in [3.63, 3.8) is 0 Å². The van der Waals surface area contributed by atoms with E-state index in [1.807, 2.05) is 24.3 Å². The number of quaternary nitrogens is 2. The number of rotatable bonds is 22. The van der Waals surface area contributed by atoms with Crippen molar-refractivity contribution in [2.45, 2.75) is 132 Å². The molecule has 272 valence electrons. The lowest BCUT2D eigenvalue weighted by Crippen LogP contribution is -2.49. The van der Waals surface area contributed by atoms with Crippen LogP contribution in [0.1, 0.15) is 130 Å². The first-order valence-electron chi connectivity index (χ1n) is 18.2. The van der Waals surface area contributed by atoms with Gasteiger partial charge in [-0.3, -0.25) is 0 Å². The highest BCUT2D eigenvalue weighted by atomic mass is 31.2. The number of nitrogens with zero attached hydrogens (tertiary/aromatic N) is 2. The van der Waals surface area contributed by atoms with Crippen LogP contribution in [0.3, 0.4) is 0 Å². The highest BCUT2D eigenvalue weighted by Gasteiger charge is 2.27. The Morgan fingerprint density at radius 1 is 0.489 bits per heavy atom. The summed E-state index contributed by atoms with van der Waals surface area (Å²) in [6.45, 7) is 23.3. The normalized spacial score (nSPS) is 11.8. The molecule has 0 aliphatic carbocycles. The monoisotopic (exact) mass is 686 g/mol. The van der Waals surface area contributed by atoms with Gasteiger partial charge in [0.1, 0.15) is 32.6 Å². The molecule has 0 radical (unpaired) electrons. The van der Waals surface area contributed by atoms with Gasteiger partial charge in [0.05, 0.1) is 39.3 Å². The van der Waals surface area contributed by atoms with Gasteiger partial charge in [-0.1, -0.05) is 104 Å². The Balaban J connectivity index is 0.000000787. The second kappa shape index (κ2) is 26.2. The fourth-order valence-electron chi connectivity index (χ4n) is 6.06. The summed E-state index contributed by atoms with van der Waals surface area (Å²) in [6, 6.07) is 14.3. The van der Waals surface area contributed by atoms with Crippen molar-refractivity contribution in [3.05, 3.63) is 71.3 Å². The first-order chi connectivity index (χ1) is 22.3. The summed E-state index contributed by atoms with van der Waals surface area (Å²) in [7, 11) is -5.64. The number of hydrogen-bond acceptors (Lipinski definition) is 3. The van der Waals surface area contributed by atoms with Gasteiger partial charge in [0.15, 0.2) is 0 Å². The molecular formula is C38H66F3N2O3P. The lowest BCUT2D eigenvalue weighted by molar-refractivity contribution is -0.941. The van der Waals surface area contributed by atoms with E-state index in [4.69, 9.17) is 14.4 Å². The Morgan fingerprint density at radius 2 is 0.681 bits per heavy atom. The second-order valence-electron chi connectivity index (χ2n) is 13.1. The fraction of sp³-hybridized carbons (Fsp3) is 0.684. The zero-order chi connectivity index (χ0) is 35.6. The standard InChI is InChI=1S/2C19H33FN.FH2O3P/c2*1-4-7-14-21(15-8-5-2,16-9-6-3)17-18-10-12-19(20)13-11-18;1-5(2,3)4/h2*10-13H,4-9,14-17H2,1-3H3;(H2,2,3,4)/q2*+1;/p-2. The van der Waals surface area contributed by atoms with E-state index in [-0.39, 0.29) is 11.6 Å². The van der Waals surface area contributed by atoms with Crippen molar-refractivity contribution in [2.75, 3.05) is 39.3 Å². The summed E-state index contributed by atoms with van der Waals surface area (Å²) in [4.78, 5) is 16.9. The summed E-state index contributed by atoms with van der Waals surface area (Å²) in [5.41, 5.74) is 2.56. The van der Waals surface area contributed by atoms with E-state index in [0.29, 0.717) is 0 Å². The predicted molar refractivity (Wildman–Crippen MR) is 188 cm³/mol. The molecule has 0 saturated heterocycles. The van der Waals surface area contributed by atoms with Crippen LogP contribution >= 0.6 is 7.91 Å². The molecule has 0 aromatic heterocycles. The molecule has 0 bridgehead atoms. The van der Waals surface area contributed by atoms with Crippen molar-refractivity contribution >= 4 is 7.91 Å². The Bertz CT molecular complexity index is 938. The first-order valence-corrected chi connectivity index (χ1v) is 19.7. The summed E-state index contributed by atoms with van der Waals surface area (Å²) < 4.78 is 47.2. The predicted octanol–water partition coefficient (Wildman–Crippen LogP) is 9.87. The van der Waals surface area contributed by atoms with Crippen LogP contribution in [0.5, 0.6) is 0 Å². The molecule has 2 rings (SSSR count). The highest BCUT2D eigenvalue weighted by Crippen LogP contribution is 2.23. The van der Waals surface area contributed by atoms with Crippen LogP contribution in [0.2, 0.25) is 0 Å². The number of halogens is 3. The molecule has 0 N–H and O–H groups in total. The molecule has 0 atom stereocenters. The number of benzene rings is 2. The maximum Gasteiger partial charge on any atom is 0.123 e. The van der Waals surface area contributed by atoms with Crippen LogP contribution < -0.4 is 9.79 Å². The quantitative estimate of drug-likeness (QED) is 0.0915. The van der Waals surface area contributed by atoms with E-state index in [9.17, 15) is 13.0 Å². The third kappa shape index (κ3) is 23.3. The maximum absolute atomic E-state index is 13.1. The molecule has 0 amide bonds. The third-order valence-electron chi connectivity index (χ3n) is 8.78. The van der Waals surface area contributed by atoms with E-state index in [1.165, 1.54) is 136 Å². The minimum absolute atomic E-state index is 0.132. The van der Waals surface area contributed by atoms with Gasteiger partial charge in [0, 0.05) is 11.1 Å². The van der Waals surface area contributed by atoms with E-state index >= 15 is 0 Å². The molecule has 0 aliphatic rings. The van der Waals surface area contributed by atoms with Gasteiger partial charge >= 0.3 is 0 Å². The molecule has 9 heteroatoms. The molecule has 5 nitrogen and oxygen atoms in total. The van der Waals surface area contributed by atoms with Crippen LogP contribution in [-0.4, -0.2) is 48.2 Å². The van der Waals surface area contributed by atoms with Gasteiger partial charge in [-0.25, -0.2) is 13.0 Å². The minimum atomic E-state index is -5.64. The van der Waals surface area contributed by atoms with Crippen LogP contribution in [0.25, 0.3) is 0 Å². The molecule has 0 spiro atoms. The molecule has 0 fully saturated rings. The van der Waals surface area contributed by atoms with E-state index in [2.05, 4.69) is 41.5 Å². The van der Waals surface area contributed by atoms with Crippen molar-refractivity contribution in [2.24, 2.45) is 0 Å². The van der Waals surface area contributed by atoms with Gasteiger partial charge in [-0.2, -0.15) is 0 Å². The zero-order valence-electron chi connectivity index (χ0n) is 30.5. The number of unbranched alkanes of at least 4 members (excludes halogenated alkanes) is 6. The molecule has 47 heavy (non-hydrogen) atoms. The van der Waals surface area contributed by atoms with E-state index in [0.717, 1.165) is 13.1 Å². The van der Waals surface area contributed by atoms with Crippen molar-refractivity contribution in [1.82, 2.24) is 0 Å². The van der Waals surface area contributed by atoms with Crippen molar-refractivity contribution < 1.29 is 36.3 Å².